The molecule has 2 aromatic carbocycles. The van der Waals surface area contributed by atoms with Gasteiger partial charge in [0.05, 0.1) is 12.2 Å². The fourth-order valence-electron chi connectivity index (χ4n) is 2.89. The molecule has 0 aliphatic carbocycles. The smallest absolute Gasteiger partial charge is 0.262 e. The van der Waals surface area contributed by atoms with E-state index in [-0.39, 0.29) is 11.6 Å². The molecule has 0 aliphatic heterocycles. The highest BCUT2D eigenvalue weighted by Gasteiger charge is 2.15. The second kappa shape index (κ2) is 9.22. The maximum Gasteiger partial charge on any atom is 0.262 e. The van der Waals surface area contributed by atoms with E-state index in [1.165, 1.54) is 0 Å². The number of aromatic nitrogens is 2. The third-order valence-corrected chi connectivity index (χ3v) is 4.58. The van der Waals surface area contributed by atoms with Crippen LogP contribution >= 0.6 is 11.6 Å². The van der Waals surface area contributed by atoms with Gasteiger partial charge in [0.25, 0.3) is 5.91 Å². The first-order chi connectivity index (χ1) is 14.0. The first-order valence-electron chi connectivity index (χ1n) is 9.27. The third-order valence-electron chi connectivity index (χ3n) is 4.21. The van der Waals surface area contributed by atoms with Crippen molar-refractivity contribution >= 4 is 23.6 Å². The molecule has 1 aromatic heterocycles. The molecule has 1 heterocycles. The van der Waals surface area contributed by atoms with Crippen LogP contribution in [0.5, 0.6) is 0 Å². The molecular weight excluding hydrogens is 384 g/mol. The number of hydrogen-bond acceptors (Lipinski definition) is 3. The highest BCUT2D eigenvalue weighted by molar-refractivity contribution is 6.31. The Kier molecular flexibility index (Phi) is 6.48. The minimum Gasteiger partial charge on any atom is -0.349 e. The maximum absolute atomic E-state index is 12.3. The Balaban J connectivity index is 2.04. The Hall–Kier alpha value is -3.36. The van der Waals surface area contributed by atoms with E-state index in [0.29, 0.717) is 22.8 Å². The lowest BCUT2D eigenvalue weighted by Gasteiger charge is -2.06. The first-order valence-corrected chi connectivity index (χ1v) is 9.64. The molecule has 5 nitrogen and oxygen atoms in total. The number of nitrogens with one attached hydrogen (secondary N) is 1. The van der Waals surface area contributed by atoms with Crippen LogP contribution in [-0.4, -0.2) is 21.7 Å². The molecule has 0 fully saturated rings. The molecule has 146 valence electrons. The molecule has 0 atom stereocenters. The molecule has 6 heteroatoms. The largest absolute Gasteiger partial charge is 0.349 e. The number of carbonyl (C=O) groups is 1. The van der Waals surface area contributed by atoms with E-state index in [4.69, 9.17) is 16.7 Å². The molecule has 3 aromatic rings. The Labute approximate surface area is 175 Å². The number of carbonyl (C=O) groups excluding carboxylic acids is 1. The molecule has 0 radical (unpaired) electrons. The summed E-state index contributed by atoms with van der Waals surface area (Å²) in [6.07, 6.45) is 3.40. The zero-order chi connectivity index (χ0) is 20.8. The van der Waals surface area contributed by atoms with Gasteiger partial charge in [-0.2, -0.15) is 10.4 Å². The van der Waals surface area contributed by atoms with Gasteiger partial charge in [-0.05, 0) is 31.6 Å². The van der Waals surface area contributed by atoms with E-state index in [1.807, 2.05) is 80.7 Å². The topological polar surface area (TPSA) is 70.7 Å². The SMILES string of the molecule is CC(C)NC(=O)/C(C#N)=C/c1cn(Cc2ccccc2Cl)nc1-c1ccccc1. The minimum absolute atomic E-state index is 0.0353. The van der Waals surface area contributed by atoms with Crippen molar-refractivity contribution in [1.82, 2.24) is 15.1 Å². The summed E-state index contributed by atoms with van der Waals surface area (Å²) in [5, 5.41) is 17.6. The highest BCUT2D eigenvalue weighted by Crippen LogP contribution is 2.25. The summed E-state index contributed by atoms with van der Waals surface area (Å²) in [7, 11) is 0. The Morgan fingerprint density at radius 1 is 1.21 bits per heavy atom. The number of hydrogen-bond donors (Lipinski definition) is 1. The van der Waals surface area contributed by atoms with Gasteiger partial charge in [0.1, 0.15) is 11.6 Å². The van der Waals surface area contributed by atoms with Gasteiger partial charge in [0, 0.05) is 28.4 Å². The molecule has 0 saturated carbocycles. The van der Waals surface area contributed by atoms with Crippen LogP contribution in [0.1, 0.15) is 25.0 Å². The van der Waals surface area contributed by atoms with Crippen molar-refractivity contribution in [3.8, 4) is 17.3 Å². The van der Waals surface area contributed by atoms with Crippen LogP contribution in [0.3, 0.4) is 0 Å². The van der Waals surface area contributed by atoms with E-state index < -0.39 is 5.91 Å². The molecule has 29 heavy (non-hydrogen) atoms. The van der Waals surface area contributed by atoms with Crippen molar-refractivity contribution in [3.63, 3.8) is 0 Å². The second-order valence-corrected chi connectivity index (χ2v) is 7.29. The number of rotatable bonds is 6. The Bertz CT molecular complexity index is 1080. The molecule has 3 rings (SSSR count). The van der Waals surface area contributed by atoms with E-state index in [9.17, 15) is 10.1 Å². The molecule has 0 aliphatic rings. The van der Waals surface area contributed by atoms with Crippen molar-refractivity contribution in [2.75, 3.05) is 0 Å². The van der Waals surface area contributed by atoms with Crippen molar-refractivity contribution in [2.24, 2.45) is 0 Å². The van der Waals surface area contributed by atoms with E-state index in [2.05, 4.69) is 5.32 Å². The molecule has 1 N–H and O–H groups in total. The van der Waals surface area contributed by atoms with Crippen LogP contribution in [0.25, 0.3) is 17.3 Å². The average Bonchev–Trinajstić information content (AvgIpc) is 3.10. The van der Waals surface area contributed by atoms with Crippen molar-refractivity contribution in [3.05, 3.63) is 82.5 Å². The molecule has 1 amide bonds. The van der Waals surface area contributed by atoms with Crippen molar-refractivity contribution in [2.45, 2.75) is 26.4 Å². The summed E-state index contributed by atoms with van der Waals surface area (Å²) in [6.45, 7) is 4.18. The van der Waals surface area contributed by atoms with E-state index in [0.717, 1.165) is 11.1 Å². The summed E-state index contributed by atoms with van der Waals surface area (Å²) in [6, 6.07) is 19.2. The number of amides is 1. The lowest BCUT2D eigenvalue weighted by Crippen LogP contribution is -2.30. The van der Waals surface area contributed by atoms with Gasteiger partial charge in [-0.1, -0.05) is 60.1 Å². The normalized spacial score (nSPS) is 11.3. The fourth-order valence-corrected chi connectivity index (χ4v) is 3.08. The summed E-state index contributed by atoms with van der Waals surface area (Å²) < 4.78 is 1.77. The fraction of sp³-hybridized carbons (Fsp3) is 0.174. The van der Waals surface area contributed by atoms with Gasteiger partial charge in [-0.3, -0.25) is 9.48 Å². The second-order valence-electron chi connectivity index (χ2n) is 6.89. The van der Waals surface area contributed by atoms with Crippen LogP contribution in [0.2, 0.25) is 5.02 Å². The molecule has 0 unspecified atom stereocenters. The highest BCUT2D eigenvalue weighted by atomic mass is 35.5. The van der Waals surface area contributed by atoms with Crippen LogP contribution < -0.4 is 5.32 Å². The zero-order valence-electron chi connectivity index (χ0n) is 16.3. The predicted octanol–water partition coefficient (Wildman–Crippen LogP) is 4.68. The van der Waals surface area contributed by atoms with E-state index in [1.54, 1.807) is 10.8 Å². The predicted molar refractivity (Wildman–Crippen MR) is 115 cm³/mol. The first kappa shape index (κ1) is 20.4. The van der Waals surface area contributed by atoms with Gasteiger partial charge in [-0.15, -0.1) is 0 Å². The molecular formula is C23H21ClN4O. The van der Waals surface area contributed by atoms with Gasteiger partial charge < -0.3 is 5.32 Å². The quantitative estimate of drug-likeness (QED) is 0.478. The molecule has 0 saturated heterocycles. The van der Waals surface area contributed by atoms with Gasteiger partial charge in [0.15, 0.2) is 0 Å². The Morgan fingerprint density at radius 3 is 2.55 bits per heavy atom. The van der Waals surface area contributed by atoms with Crippen LogP contribution in [0.4, 0.5) is 0 Å². The lowest BCUT2D eigenvalue weighted by molar-refractivity contribution is -0.117. The average molecular weight is 405 g/mol. The number of benzene rings is 2. The van der Waals surface area contributed by atoms with E-state index >= 15 is 0 Å². The summed E-state index contributed by atoms with van der Waals surface area (Å²) >= 11 is 6.29. The summed E-state index contributed by atoms with van der Waals surface area (Å²) in [5.41, 5.74) is 3.26. The number of nitriles is 1. The van der Waals surface area contributed by atoms with Crippen LogP contribution in [-0.2, 0) is 11.3 Å². The van der Waals surface area contributed by atoms with Gasteiger partial charge in [-0.25, -0.2) is 0 Å². The zero-order valence-corrected chi connectivity index (χ0v) is 17.0. The maximum atomic E-state index is 12.3. The minimum atomic E-state index is -0.402. The molecule has 0 bridgehead atoms. The van der Waals surface area contributed by atoms with Crippen molar-refractivity contribution < 1.29 is 4.79 Å². The molecule has 0 spiro atoms. The monoisotopic (exact) mass is 404 g/mol. The Morgan fingerprint density at radius 2 is 1.90 bits per heavy atom. The number of nitrogens with zero attached hydrogens (tertiary/aromatic N) is 3. The lowest BCUT2D eigenvalue weighted by atomic mass is 10.1. The van der Waals surface area contributed by atoms with Gasteiger partial charge in [0.2, 0.25) is 0 Å². The number of halogens is 1. The summed E-state index contributed by atoms with van der Waals surface area (Å²) in [4.78, 5) is 12.3. The summed E-state index contributed by atoms with van der Waals surface area (Å²) in [5.74, 6) is -0.402. The van der Waals surface area contributed by atoms with Gasteiger partial charge >= 0.3 is 0 Å². The van der Waals surface area contributed by atoms with Crippen LogP contribution in [0, 0.1) is 11.3 Å². The third kappa shape index (κ3) is 5.13. The van der Waals surface area contributed by atoms with Crippen LogP contribution in [0.15, 0.2) is 66.4 Å². The van der Waals surface area contributed by atoms with Crippen molar-refractivity contribution in [1.29, 1.82) is 5.26 Å². The standard InChI is InChI=1S/C23H21ClN4O/c1-16(2)26-23(29)19(13-25)12-20-15-28(14-18-10-6-7-11-21(18)24)27-22(20)17-8-4-3-5-9-17/h3-12,15-16H,14H2,1-2H3,(H,26,29)/b19-12+.